The third-order valence-corrected chi connectivity index (χ3v) is 2.09. The lowest BCUT2D eigenvalue weighted by Crippen LogP contribution is -2.24. The zero-order valence-corrected chi connectivity index (χ0v) is 7.74. The Hall–Kier alpha value is -1.25. The molecule has 0 saturated carbocycles. The van der Waals surface area contributed by atoms with Gasteiger partial charge in [0.25, 0.3) is 0 Å². The Morgan fingerprint density at radius 2 is 2.33 bits per heavy atom. The van der Waals surface area contributed by atoms with E-state index in [4.69, 9.17) is 10.2 Å². The van der Waals surface area contributed by atoms with Crippen molar-refractivity contribution in [2.75, 3.05) is 7.05 Å². The molecule has 0 saturated heterocycles. The first kappa shape index (κ1) is 8.84. The molecule has 1 rings (SSSR count). The van der Waals surface area contributed by atoms with Crippen LogP contribution in [0.15, 0.2) is 22.8 Å². The van der Waals surface area contributed by atoms with Crippen LogP contribution in [0, 0.1) is 0 Å². The summed E-state index contributed by atoms with van der Waals surface area (Å²) in [6.07, 6.45) is 1.67. The van der Waals surface area contributed by atoms with Crippen LogP contribution in [0.4, 0.5) is 0 Å². The second-order valence-electron chi connectivity index (χ2n) is 2.94. The van der Waals surface area contributed by atoms with E-state index in [0.717, 1.165) is 11.6 Å². The van der Waals surface area contributed by atoms with Gasteiger partial charge < -0.3 is 4.42 Å². The highest BCUT2D eigenvalue weighted by Gasteiger charge is 2.14. The third kappa shape index (κ3) is 1.67. The molecule has 0 radical (unpaired) electrons. The topological polar surface area (TPSA) is 42.2 Å². The Morgan fingerprint density at radius 3 is 2.75 bits per heavy atom. The highest BCUT2D eigenvalue weighted by molar-refractivity contribution is 5.72. The number of amidine groups is 1. The molecule has 0 aromatic carbocycles. The lowest BCUT2D eigenvalue weighted by molar-refractivity contribution is -0.544. The van der Waals surface area contributed by atoms with Gasteiger partial charge in [0.15, 0.2) is 6.04 Å². The van der Waals surface area contributed by atoms with E-state index in [9.17, 15) is 0 Å². The lowest BCUT2D eigenvalue weighted by atomic mass is 10.2. The molecule has 0 aliphatic carbocycles. The Morgan fingerprint density at radius 1 is 1.67 bits per heavy atom. The van der Waals surface area contributed by atoms with Crippen molar-refractivity contribution in [3.8, 4) is 0 Å². The number of rotatable bonds is 2. The molecule has 0 spiro atoms. The average molecular weight is 167 g/mol. The minimum atomic E-state index is 0.199. The second kappa shape index (κ2) is 3.43. The van der Waals surface area contributed by atoms with Gasteiger partial charge in [0.2, 0.25) is 5.84 Å². The molecule has 0 bridgehead atoms. The smallest absolute Gasteiger partial charge is 0.239 e. The molecular formula is C9H15N2O+. The number of nitrogens with zero attached hydrogens (tertiary/aromatic N) is 1. The Labute approximate surface area is 72.5 Å². The van der Waals surface area contributed by atoms with Gasteiger partial charge in [0.1, 0.15) is 5.76 Å². The van der Waals surface area contributed by atoms with Gasteiger partial charge in [-0.25, -0.2) is 0 Å². The predicted molar refractivity (Wildman–Crippen MR) is 48.2 cm³/mol. The maximum absolute atomic E-state index is 5.64. The summed E-state index contributed by atoms with van der Waals surface area (Å²) in [7, 11) is 1.95. The number of nitrogens with two attached hydrogens (primary N) is 1. The number of furan rings is 1. The van der Waals surface area contributed by atoms with Crippen molar-refractivity contribution in [2.45, 2.75) is 19.9 Å². The fraction of sp³-hybridized carbons (Fsp3) is 0.444. The molecule has 3 heteroatoms. The van der Waals surface area contributed by atoms with Crippen LogP contribution in [0.2, 0.25) is 0 Å². The van der Waals surface area contributed by atoms with Gasteiger partial charge in [-0.1, -0.05) is 0 Å². The van der Waals surface area contributed by atoms with Gasteiger partial charge in [0.05, 0.1) is 13.3 Å². The first-order valence-electron chi connectivity index (χ1n) is 3.98. The standard InChI is InChI=1S/C9H14N2O/c1-7(11(3)8(2)10)9-5-4-6-12-9/h4-7,10H,1-3H3/p+1. The molecule has 1 heterocycles. The summed E-state index contributed by atoms with van der Waals surface area (Å²) in [5.41, 5.74) is 5.64. The fourth-order valence-electron chi connectivity index (χ4n) is 1.03. The second-order valence-corrected chi connectivity index (χ2v) is 2.94. The molecule has 66 valence electrons. The Kier molecular flexibility index (Phi) is 2.53. The summed E-state index contributed by atoms with van der Waals surface area (Å²) in [6, 6.07) is 4.03. The summed E-state index contributed by atoms with van der Waals surface area (Å²) < 4.78 is 7.23. The lowest BCUT2D eigenvalue weighted by Gasteiger charge is -2.08. The molecule has 1 aromatic rings. The van der Waals surface area contributed by atoms with Crippen LogP contribution >= 0.6 is 0 Å². The van der Waals surface area contributed by atoms with Gasteiger partial charge in [-0.3, -0.25) is 10.3 Å². The molecule has 1 unspecified atom stereocenters. The van der Waals surface area contributed by atoms with Crippen molar-refractivity contribution >= 4 is 5.84 Å². The van der Waals surface area contributed by atoms with Crippen LogP contribution in [-0.2, 0) is 0 Å². The molecule has 0 amide bonds. The van der Waals surface area contributed by atoms with E-state index in [1.54, 1.807) is 6.26 Å². The third-order valence-electron chi connectivity index (χ3n) is 2.09. The summed E-state index contributed by atoms with van der Waals surface area (Å²) in [5.74, 6) is 1.72. The van der Waals surface area contributed by atoms with Crippen LogP contribution in [0.1, 0.15) is 25.6 Å². The number of hydrogen-bond acceptors (Lipinski definition) is 1. The van der Waals surface area contributed by atoms with Crippen molar-refractivity contribution < 1.29 is 8.99 Å². The highest BCUT2D eigenvalue weighted by Crippen LogP contribution is 2.15. The van der Waals surface area contributed by atoms with Crippen LogP contribution in [0.3, 0.4) is 0 Å². The molecule has 12 heavy (non-hydrogen) atoms. The van der Waals surface area contributed by atoms with E-state index in [-0.39, 0.29) is 6.04 Å². The van der Waals surface area contributed by atoms with Crippen molar-refractivity contribution in [3.63, 3.8) is 0 Å². The normalized spacial score (nSPS) is 15.6. The largest absolute Gasteiger partial charge is 0.465 e. The molecule has 3 nitrogen and oxygen atoms in total. The SMILES string of the molecule is CC(N)=[N+](C)C(C)c1ccco1. The van der Waals surface area contributed by atoms with Gasteiger partial charge in [-0.15, -0.1) is 0 Å². The zero-order chi connectivity index (χ0) is 9.14. The quantitative estimate of drug-likeness (QED) is 0.410. The summed E-state index contributed by atoms with van der Waals surface area (Å²) in [5, 5.41) is 0. The molecule has 2 N–H and O–H groups in total. The zero-order valence-electron chi connectivity index (χ0n) is 7.74. The van der Waals surface area contributed by atoms with E-state index in [1.165, 1.54) is 0 Å². The molecule has 0 aliphatic rings. The monoisotopic (exact) mass is 167 g/mol. The van der Waals surface area contributed by atoms with Crippen LogP contribution in [-0.4, -0.2) is 17.5 Å². The van der Waals surface area contributed by atoms with Crippen LogP contribution in [0.5, 0.6) is 0 Å². The number of hydrogen-bond donors (Lipinski definition) is 1. The minimum Gasteiger partial charge on any atom is -0.465 e. The molecule has 1 aromatic heterocycles. The first-order valence-corrected chi connectivity index (χ1v) is 3.98. The average Bonchev–Trinajstić information content (AvgIpc) is 2.53. The maximum Gasteiger partial charge on any atom is 0.239 e. The Balaban J connectivity index is 2.86. The van der Waals surface area contributed by atoms with Gasteiger partial charge >= 0.3 is 0 Å². The Bertz CT molecular complexity index is 271. The fourth-order valence-corrected chi connectivity index (χ4v) is 1.03. The molecular weight excluding hydrogens is 152 g/mol. The summed E-state index contributed by atoms with van der Waals surface area (Å²) in [4.78, 5) is 0. The predicted octanol–water partition coefficient (Wildman–Crippen LogP) is 1.36. The summed E-state index contributed by atoms with van der Waals surface area (Å²) >= 11 is 0. The van der Waals surface area contributed by atoms with Crippen molar-refractivity contribution in [1.82, 2.24) is 0 Å². The van der Waals surface area contributed by atoms with Crippen LogP contribution < -0.4 is 5.73 Å². The van der Waals surface area contributed by atoms with Crippen LogP contribution in [0.25, 0.3) is 0 Å². The van der Waals surface area contributed by atoms with E-state index >= 15 is 0 Å². The van der Waals surface area contributed by atoms with E-state index in [2.05, 4.69) is 6.92 Å². The van der Waals surface area contributed by atoms with Gasteiger partial charge in [-0.2, -0.15) is 0 Å². The van der Waals surface area contributed by atoms with Gasteiger partial charge in [-0.05, 0) is 19.1 Å². The van der Waals surface area contributed by atoms with Crippen molar-refractivity contribution in [2.24, 2.45) is 5.73 Å². The summed E-state index contributed by atoms with van der Waals surface area (Å²) in [6.45, 7) is 3.93. The molecule has 0 aliphatic heterocycles. The van der Waals surface area contributed by atoms with Crippen molar-refractivity contribution in [3.05, 3.63) is 24.2 Å². The highest BCUT2D eigenvalue weighted by atomic mass is 16.3. The van der Waals surface area contributed by atoms with Crippen molar-refractivity contribution in [1.29, 1.82) is 0 Å². The van der Waals surface area contributed by atoms with E-state index in [0.29, 0.717) is 0 Å². The van der Waals surface area contributed by atoms with E-state index < -0.39 is 0 Å². The minimum absolute atomic E-state index is 0.199. The molecule has 1 atom stereocenters. The molecule has 0 fully saturated rings. The maximum atomic E-state index is 5.64. The first-order chi connectivity index (χ1) is 5.63. The van der Waals surface area contributed by atoms with E-state index in [1.807, 2.05) is 30.7 Å². The van der Waals surface area contributed by atoms with Gasteiger partial charge in [0, 0.05) is 6.92 Å².